The lowest BCUT2D eigenvalue weighted by atomic mass is 10.2. The number of nitrogens with one attached hydrogen (secondary N) is 1. The number of benzene rings is 1. The van der Waals surface area contributed by atoms with Gasteiger partial charge < -0.3 is 10.1 Å². The first-order valence-electron chi connectivity index (χ1n) is 5.41. The summed E-state index contributed by atoms with van der Waals surface area (Å²) in [4.78, 5) is 0. The van der Waals surface area contributed by atoms with Gasteiger partial charge in [0, 0.05) is 6.54 Å². The molecule has 0 radical (unpaired) electrons. The van der Waals surface area contributed by atoms with Crippen molar-refractivity contribution in [3.8, 4) is 5.75 Å². The maximum atomic E-state index is 5.26. The first kappa shape index (κ1) is 14.0. The second-order valence-electron chi connectivity index (χ2n) is 3.62. The zero-order valence-corrected chi connectivity index (χ0v) is 12.8. The highest BCUT2D eigenvalue weighted by atomic mass is 79.9. The van der Waals surface area contributed by atoms with Gasteiger partial charge in [-0.15, -0.1) is 0 Å². The molecule has 16 heavy (non-hydrogen) atoms. The Morgan fingerprint density at radius 2 is 1.88 bits per heavy atom. The SMILES string of the molecule is CCCCNCc1cc(Br)c(OC)c(Br)c1. The van der Waals surface area contributed by atoms with Crippen LogP contribution in [0.15, 0.2) is 21.1 Å². The third kappa shape index (κ3) is 4.07. The molecule has 0 spiro atoms. The summed E-state index contributed by atoms with van der Waals surface area (Å²) in [7, 11) is 1.67. The van der Waals surface area contributed by atoms with Gasteiger partial charge in [0.1, 0.15) is 5.75 Å². The van der Waals surface area contributed by atoms with Crippen LogP contribution in [0.4, 0.5) is 0 Å². The summed E-state index contributed by atoms with van der Waals surface area (Å²) in [5.74, 6) is 0.845. The molecule has 0 aliphatic rings. The van der Waals surface area contributed by atoms with Gasteiger partial charge in [0.25, 0.3) is 0 Å². The molecule has 0 saturated heterocycles. The van der Waals surface area contributed by atoms with Crippen LogP contribution in [-0.4, -0.2) is 13.7 Å². The Morgan fingerprint density at radius 1 is 1.25 bits per heavy atom. The van der Waals surface area contributed by atoms with E-state index in [0.717, 1.165) is 27.8 Å². The van der Waals surface area contributed by atoms with Crippen molar-refractivity contribution in [1.82, 2.24) is 5.32 Å². The van der Waals surface area contributed by atoms with E-state index in [9.17, 15) is 0 Å². The van der Waals surface area contributed by atoms with E-state index in [4.69, 9.17) is 4.74 Å². The van der Waals surface area contributed by atoms with Crippen LogP contribution >= 0.6 is 31.9 Å². The number of methoxy groups -OCH3 is 1. The van der Waals surface area contributed by atoms with Crippen molar-refractivity contribution in [2.75, 3.05) is 13.7 Å². The first-order chi connectivity index (χ1) is 7.69. The number of hydrogen-bond donors (Lipinski definition) is 1. The average Bonchev–Trinajstić information content (AvgIpc) is 2.24. The molecule has 1 N–H and O–H groups in total. The highest BCUT2D eigenvalue weighted by Gasteiger charge is 2.07. The van der Waals surface area contributed by atoms with Crippen molar-refractivity contribution in [2.45, 2.75) is 26.3 Å². The van der Waals surface area contributed by atoms with Gasteiger partial charge in [-0.25, -0.2) is 0 Å². The van der Waals surface area contributed by atoms with Crippen molar-refractivity contribution >= 4 is 31.9 Å². The molecule has 0 bridgehead atoms. The molecule has 0 saturated carbocycles. The molecular formula is C12H17Br2NO. The Hall–Kier alpha value is -0.0600. The van der Waals surface area contributed by atoms with E-state index in [0.29, 0.717) is 0 Å². The smallest absolute Gasteiger partial charge is 0.147 e. The standard InChI is InChI=1S/C12H17Br2NO/c1-3-4-5-15-8-9-6-10(13)12(16-2)11(14)7-9/h6-7,15H,3-5,8H2,1-2H3. The summed E-state index contributed by atoms with van der Waals surface area (Å²) >= 11 is 7.00. The van der Waals surface area contributed by atoms with Crippen molar-refractivity contribution < 1.29 is 4.74 Å². The fourth-order valence-corrected chi connectivity index (χ4v) is 3.05. The third-order valence-corrected chi connectivity index (χ3v) is 3.48. The fraction of sp³-hybridized carbons (Fsp3) is 0.500. The molecule has 1 aromatic rings. The normalized spacial score (nSPS) is 10.5. The molecule has 0 amide bonds. The number of halogens is 2. The summed E-state index contributed by atoms with van der Waals surface area (Å²) in [6.45, 7) is 4.15. The zero-order valence-electron chi connectivity index (χ0n) is 9.65. The zero-order chi connectivity index (χ0) is 12.0. The molecule has 0 unspecified atom stereocenters. The monoisotopic (exact) mass is 349 g/mol. The lowest BCUT2D eigenvalue weighted by molar-refractivity contribution is 0.409. The van der Waals surface area contributed by atoms with E-state index in [1.165, 1.54) is 18.4 Å². The van der Waals surface area contributed by atoms with Gasteiger partial charge in [0.05, 0.1) is 16.1 Å². The Labute approximate surface area is 114 Å². The molecular weight excluding hydrogens is 334 g/mol. The number of ether oxygens (including phenoxy) is 1. The molecule has 0 aliphatic heterocycles. The quantitative estimate of drug-likeness (QED) is 0.779. The van der Waals surface area contributed by atoms with Gasteiger partial charge in [0.15, 0.2) is 0 Å². The van der Waals surface area contributed by atoms with Crippen LogP contribution in [0.25, 0.3) is 0 Å². The van der Waals surface area contributed by atoms with Crippen molar-refractivity contribution in [3.63, 3.8) is 0 Å². The Morgan fingerprint density at radius 3 is 2.38 bits per heavy atom. The second-order valence-corrected chi connectivity index (χ2v) is 5.33. The maximum Gasteiger partial charge on any atom is 0.147 e. The molecule has 0 fully saturated rings. The van der Waals surface area contributed by atoms with E-state index in [1.807, 2.05) is 0 Å². The fourth-order valence-electron chi connectivity index (χ4n) is 1.44. The van der Waals surface area contributed by atoms with Gasteiger partial charge in [-0.05, 0) is 62.5 Å². The van der Waals surface area contributed by atoms with Gasteiger partial charge >= 0.3 is 0 Å². The minimum atomic E-state index is 0.845. The van der Waals surface area contributed by atoms with Crippen molar-refractivity contribution in [1.29, 1.82) is 0 Å². The molecule has 2 nitrogen and oxygen atoms in total. The molecule has 0 aliphatic carbocycles. The minimum Gasteiger partial charge on any atom is -0.494 e. The number of rotatable bonds is 6. The summed E-state index contributed by atoms with van der Waals surface area (Å²) in [6.07, 6.45) is 2.45. The predicted octanol–water partition coefficient (Wildman–Crippen LogP) is 4.11. The van der Waals surface area contributed by atoms with E-state index in [1.54, 1.807) is 7.11 Å². The van der Waals surface area contributed by atoms with Crippen LogP contribution < -0.4 is 10.1 Å². The third-order valence-electron chi connectivity index (χ3n) is 2.30. The molecule has 1 aromatic carbocycles. The summed E-state index contributed by atoms with van der Waals surface area (Å²) < 4.78 is 7.23. The lowest BCUT2D eigenvalue weighted by Crippen LogP contribution is -2.14. The van der Waals surface area contributed by atoms with Crippen LogP contribution in [0, 0.1) is 0 Å². The summed E-state index contributed by atoms with van der Waals surface area (Å²) in [5, 5.41) is 3.41. The van der Waals surface area contributed by atoms with Crippen LogP contribution in [0.1, 0.15) is 25.3 Å². The number of unbranched alkanes of at least 4 members (excludes halogenated alkanes) is 1. The van der Waals surface area contributed by atoms with E-state index in [2.05, 4.69) is 56.2 Å². The highest BCUT2D eigenvalue weighted by molar-refractivity contribution is 9.11. The largest absolute Gasteiger partial charge is 0.494 e. The molecule has 1 rings (SSSR count). The van der Waals surface area contributed by atoms with Crippen LogP contribution in [0.3, 0.4) is 0 Å². The molecule has 0 heterocycles. The van der Waals surface area contributed by atoms with Crippen molar-refractivity contribution in [2.24, 2.45) is 0 Å². The molecule has 90 valence electrons. The summed E-state index contributed by atoms with van der Waals surface area (Å²) in [6, 6.07) is 4.17. The van der Waals surface area contributed by atoms with Crippen LogP contribution in [0.5, 0.6) is 5.75 Å². The molecule has 0 aromatic heterocycles. The van der Waals surface area contributed by atoms with Crippen molar-refractivity contribution in [3.05, 3.63) is 26.6 Å². The van der Waals surface area contributed by atoms with E-state index < -0.39 is 0 Å². The lowest BCUT2D eigenvalue weighted by Gasteiger charge is -2.10. The number of hydrogen-bond acceptors (Lipinski definition) is 2. The summed E-state index contributed by atoms with van der Waals surface area (Å²) in [5.41, 5.74) is 1.25. The van der Waals surface area contributed by atoms with Gasteiger partial charge in [-0.2, -0.15) is 0 Å². The predicted molar refractivity (Wildman–Crippen MR) is 75.0 cm³/mol. The Balaban J connectivity index is 2.61. The van der Waals surface area contributed by atoms with Gasteiger partial charge in [0.2, 0.25) is 0 Å². The average molecular weight is 351 g/mol. The Kier molecular flexibility index (Phi) is 6.39. The van der Waals surface area contributed by atoms with Crippen LogP contribution in [-0.2, 0) is 6.54 Å². The first-order valence-corrected chi connectivity index (χ1v) is 7.00. The molecule has 0 atom stereocenters. The highest BCUT2D eigenvalue weighted by Crippen LogP contribution is 2.34. The Bertz CT molecular complexity index is 319. The minimum absolute atomic E-state index is 0.845. The second kappa shape index (κ2) is 7.30. The van der Waals surface area contributed by atoms with Gasteiger partial charge in [-0.1, -0.05) is 13.3 Å². The molecule has 4 heteroatoms. The van der Waals surface area contributed by atoms with Gasteiger partial charge in [-0.3, -0.25) is 0 Å². The van der Waals surface area contributed by atoms with Crippen LogP contribution in [0.2, 0.25) is 0 Å². The topological polar surface area (TPSA) is 21.3 Å². The van der Waals surface area contributed by atoms with E-state index >= 15 is 0 Å². The van der Waals surface area contributed by atoms with E-state index in [-0.39, 0.29) is 0 Å². The maximum absolute atomic E-state index is 5.26.